The van der Waals surface area contributed by atoms with E-state index in [2.05, 4.69) is 20.5 Å². The van der Waals surface area contributed by atoms with E-state index >= 15 is 0 Å². The molecule has 1 aromatic carbocycles. The van der Waals surface area contributed by atoms with Gasteiger partial charge in [-0.1, -0.05) is 18.2 Å². The van der Waals surface area contributed by atoms with Crippen LogP contribution in [0.15, 0.2) is 30.6 Å². The van der Waals surface area contributed by atoms with Gasteiger partial charge in [-0.2, -0.15) is 10.1 Å². The number of anilines is 1. The molecule has 2 heterocycles. The number of nitrogens with zero attached hydrogens (tertiary/aromatic N) is 4. The predicted octanol–water partition coefficient (Wildman–Crippen LogP) is 2.58. The highest BCUT2D eigenvalue weighted by atomic mass is 16.2. The van der Waals surface area contributed by atoms with E-state index in [0.717, 1.165) is 28.2 Å². The minimum atomic E-state index is -0.148. The van der Waals surface area contributed by atoms with Crippen LogP contribution in [0.3, 0.4) is 0 Å². The Bertz CT molecular complexity index is 1020. The summed E-state index contributed by atoms with van der Waals surface area (Å²) in [5, 5.41) is 9.63. The van der Waals surface area contributed by atoms with E-state index in [4.69, 9.17) is 0 Å². The fourth-order valence-corrected chi connectivity index (χ4v) is 3.50. The van der Waals surface area contributed by atoms with E-state index in [0.29, 0.717) is 11.5 Å². The number of Topliss-reactive ketones (excluding diaryl/α,β-unsaturated/α-hetero) is 1. The van der Waals surface area contributed by atoms with Crippen LogP contribution in [0.4, 0.5) is 5.69 Å². The molecule has 0 spiro atoms. The van der Waals surface area contributed by atoms with Crippen molar-refractivity contribution in [1.82, 2.24) is 24.6 Å². The van der Waals surface area contributed by atoms with E-state index < -0.39 is 0 Å². The molecule has 2 N–H and O–H groups in total. The molecule has 0 atom stereocenters. The summed E-state index contributed by atoms with van der Waals surface area (Å²) in [4.78, 5) is 31.1. The molecule has 3 rings (SSSR count). The van der Waals surface area contributed by atoms with Gasteiger partial charge < -0.3 is 5.32 Å². The molecule has 0 aliphatic carbocycles. The van der Waals surface area contributed by atoms with Crippen molar-refractivity contribution < 1.29 is 9.59 Å². The van der Waals surface area contributed by atoms with Crippen molar-refractivity contribution in [3.8, 4) is 5.95 Å². The van der Waals surface area contributed by atoms with Crippen LogP contribution in [0.2, 0.25) is 0 Å². The van der Waals surface area contributed by atoms with Crippen LogP contribution in [0, 0.1) is 27.7 Å². The lowest BCUT2D eigenvalue weighted by Crippen LogP contribution is -2.34. The van der Waals surface area contributed by atoms with Crippen molar-refractivity contribution in [2.45, 2.75) is 27.7 Å². The van der Waals surface area contributed by atoms with Gasteiger partial charge in [0.1, 0.15) is 6.33 Å². The Hall–Kier alpha value is -3.26. The molecule has 8 nitrogen and oxygen atoms in total. The highest BCUT2D eigenvalue weighted by molar-refractivity contribution is 6.00. The van der Waals surface area contributed by atoms with Crippen molar-refractivity contribution in [2.24, 2.45) is 0 Å². The van der Waals surface area contributed by atoms with Gasteiger partial charge in [0.2, 0.25) is 11.9 Å². The highest BCUT2D eigenvalue weighted by Crippen LogP contribution is 2.20. The lowest BCUT2D eigenvalue weighted by atomic mass is 10.1. The van der Waals surface area contributed by atoms with Crippen molar-refractivity contribution in [3.05, 3.63) is 58.7 Å². The molecule has 2 aromatic heterocycles. The molecular formula is C21H26N6O2. The standard InChI is InChI=1S/C21H26N6O2/c1-13-7-6-8-14(2)20(13)24-19(29)11-26(5)10-18(28)17-9-15(3)27(16(17)4)21-22-12-23-25-21/h6-9,12H,10-11H2,1-5H3,(H,24,29)(H,22,23,25). The number of aromatic amines is 1. The molecule has 0 bridgehead atoms. The molecule has 0 aliphatic rings. The maximum absolute atomic E-state index is 12.8. The maximum Gasteiger partial charge on any atom is 0.238 e. The third-order valence-corrected chi connectivity index (χ3v) is 4.92. The van der Waals surface area contributed by atoms with E-state index in [1.807, 2.05) is 56.5 Å². The number of rotatable bonds is 7. The van der Waals surface area contributed by atoms with Crippen LogP contribution in [-0.2, 0) is 4.79 Å². The Morgan fingerprint density at radius 1 is 1.14 bits per heavy atom. The highest BCUT2D eigenvalue weighted by Gasteiger charge is 2.20. The number of hydrogen-bond acceptors (Lipinski definition) is 5. The van der Waals surface area contributed by atoms with Gasteiger partial charge in [0, 0.05) is 22.6 Å². The quantitative estimate of drug-likeness (QED) is 0.601. The first-order valence-electron chi connectivity index (χ1n) is 9.40. The van der Waals surface area contributed by atoms with Crippen LogP contribution >= 0.6 is 0 Å². The number of H-pyrrole nitrogens is 1. The molecule has 0 radical (unpaired) electrons. The molecule has 152 valence electrons. The SMILES string of the molecule is Cc1cccc(C)c1NC(=O)CN(C)CC(=O)c1cc(C)n(-c2ncn[nH]2)c1C. The largest absolute Gasteiger partial charge is 0.324 e. The number of aromatic nitrogens is 4. The molecule has 1 amide bonds. The number of benzene rings is 1. The second-order valence-corrected chi connectivity index (χ2v) is 7.34. The van der Waals surface area contributed by atoms with Crippen molar-refractivity contribution in [2.75, 3.05) is 25.5 Å². The number of amides is 1. The lowest BCUT2D eigenvalue weighted by Gasteiger charge is -2.17. The number of ketones is 1. The number of aryl methyl sites for hydroxylation is 3. The monoisotopic (exact) mass is 394 g/mol. The third kappa shape index (κ3) is 4.43. The normalized spacial score (nSPS) is 11.1. The summed E-state index contributed by atoms with van der Waals surface area (Å²) in [7, 11) is 1.76. The maximum atomic E-state index is 12.8. The molecule has 8 heteroatoms. The summed E-state index contributed by atoms with van der Waals surface area (Å²) in [6, 6.07) is 7.71. The Balaban J connectivity index is 1.65. The molecule has 0 fully saturated rings. The van der Waals surface area contributed by atoms with Crippen LogP contribution < -0.4 is 5.32 Å². The van der Waals surface area contributed by atoms with Crippen LogP contribution in [0.1, 0.15) is 32.9 Å². The number of para-hydroxylation sites is 1. The Morgan fingerprint density at radius 3 is 2.45 bits per heavy atom. The summed E-state index contributed by atoms with van der Waals surface area (Å²) in [6.07, 6.45) is 1.43. The Morgan fingerprint density at radius 2 is 1.83 bits per heavy atom. The summed E-state index contributed by atoms with van der Waals surface area (Å²) < 4.78 is 1.86. The number of carbonyl (C=O) groups excluding carboxylic acids is 2. The second-order valence-electron chi connectivity index (χ2n) is 7.34. The van der Waals surface area contributed by atoms with Gasteiger partial charge in [0.15, 0.2) is 5.78 Å². The minimum absolute atomic E-state index is 0.0498. The first kappa shape index (κ1) is 20.5. The second kappa shape index (κ2) is 8.40. The topological polar surface area (TPSA) is 95.9 Å². The number of nitrogens with one attached hydrogen (secondary N) is 2. The molecule has 3 aromatic rings. The van der Waals surface area contributed by atoms with Gasteiger partial charge in [-0.05, 0) is 51.9 Å². The lowest BCUT2D eigenvalue weighted by molar-refractivity contribution is -0.116. The van der Waals surface area contributed by atoms with E-state index in [1.165, 1.54) is 6.33 Å². The van der Waals surface area contributed by atoms with Gasteiger partial charge in [0.25, 0.3) is 0 Å². The van der Waals surface area contributed by atoms with E-state index in [1.54, 1.807) is 11.9 Å². The summed E-state index contributed by atoms with van der Waals surface area (Å²) in [5.41, 5.74) is 5.14. The van der Waals surface area contributed by atoms with Crippen LogP contribution in [0.5, 0.6) is 0 Å². The molecule has 29 heavy (non-hydrogen) atoms. The fraction of sp³-hybridized carbons (Fsp3) is 0.333. The van der Waals surface area contributed by atoms with Crippen LogP contribution in [-0.4, -0.2) is 56.5 Å². The first-order chi connectivity index (χ1) is 13.8. The fourth-order valence-electron chi connectivity index (χ4n) is 3.50. The zero-order valence-electron chi connectivity index (χ0n) is 17.4. The zero-order chi connectivity index (χ0) is 21.1. The zero-order valence-corrected chi connectivity index (χ0v) is 17.4. The molecule has 0 saturated heterocycles. The number of hydrogen-bond donors (Lipinski definition) is 2. The number of carbonyl (C=O) groups is 2. The molecule has 0 saturated carbocycles. The van der Waals surface area contributed by atoms with Gasteiger partial charge >= 0.3 is 0 Å². The molecule has 0 aliphatic heterocycles. The van der Waals surface area contributed by atoms with Crippen molar-refractivity contribution >= 4 is 17.4 Å². The molecular weight excluding hydrogens is 368 g/mol. The van der Waals surface area contributed by atoms with Gasteiger partial charge in [0.05, 0.1) is 13.1 Å². The Kier molecular flexibility index (Phi) is 5.93. The van der Waals surface area contributed by atoms with Gasteiger partial charge in [-0.3, -0.25) is 19.1 Å². The molecule has 0 unspecified atom stereocenters. The Labute approximate surface area is 169 Å². The van der Waals surface area contributed by atoms with Crippen molar-refractivity contribution in [1.29, 1.82) is 0 Å². The first-order valence-corrected chi connectivity index (χ1v) is 9.40. The minimum Gasteiger partial charge on any atom is -0.324 e. The summed E-state index contributed by atoms with van der Waals surface area (Å²) in [6.45, 7) is 7.96. The average Bonchev–Trinajstić information content (AvgIpc) is 3.25. The summed E-state index contributed by atoms with van der Waals surface area (Å²) >= 11 is 0. The average molecular weight is 394 g/mol. The van der Waals surface area contributed by atoms with Gasteiger partial charge in [-0.15, -0.1) is 0 Å². The van der Waals surface area contributed by atoms with Crippen LogP contribution in [0.25, 0.3) is 5.95 Å². The van der Waals surface area contributed by atoms with E-state index in [9.17, 15) is 9.59 Å². The van der Waals surface area contributed by atoms with Gasteiger partial charge in [-0.25, -0.2) is 5.10 Å². The van der Waals surface area contributed by atoms with E-state index in [-0.39, 0.29) is 24.8 Å². The summed E-state index contributed by atoms with van der Waals surface area (Å²) in [5.74, 6) is 0.372. The van der Waals surface area contributed by atoms with Crippen molar-refractivity contribution in [3.63, 3.8) is 0 Å². The number of likely N-dealkylation sites (N-methyl/N-ethyl adjacent to an activating group) is 1. The third-order valence-electron chi connectivity index (χ3n) is 4.92. The predicted molar refractivity (Wildman–Crippen MR) is 112 cm³/mol. The smallest absolute Gasteiger partial charge is 0.238 e.